The second-order valence-electron chi connectivity index (χ2n) is 8.67. The van der Waals surface area contributed by atoms with Crippen LogP contribution in [0.1, 0.15) is 0 Å². The Morgan fingerprint density at radius 2 is 1.21 bits per heavy atom. The van der Waals surface area contributed by atoms with Gasteiger partial charge >= 0.3 is 0 Å². The van der Waals surface area contributed by atoms with Crippen LogP contribution in [0.25, 0.3) is 54.6 Å². The van der Waals surface area contributed by atoms with Crippen LogP contribution in [0.4, 0.5) is 11.4 Å². The third-order valence-electron chi connectivity index (χ3n) is 6.66. The van der Waals surface area contributed by atoms with Gasteiger partial charge in [-0.25, -0.2) is 0 Å². The maximum Gasteiger partial charge on any atom is 0.137 e. The van der Waals surface area contributed by atoms with Crippen molar-refractivity contribution in [2.75, 3.05) is 5.32 Å². The van der Waals surface area contributed by atoms with Crippen LogP contribution >= 0.6 is 0 Å². The number of anilines is 2. The van der Waals surface area contributed by atoms with Crippen LogP contribution < -0.4 is 5.32 Å². The van der Waals surface area contributed by atoms with Crippen molar-refractivity contribution in [1.82, 2.24) is 0 Å². The van der Waals surface area contributed by atoms with Crippen LogP contribution in [-0.4, -0.2) is 0 Å². The van der Waals surface area contributed by atoms with Crippen molar-refractivity contribution >= 4 is 54.9 Å². The zero-order valence-electron chi connectivity index (χ0n) is 18.5. The summed E-state index contributed by atoms with van der Waals surface area (Å²) in [7, 11) is 0. The summed E-state index contributed by atoms with van der Waals surface area (Å²) in [4.78, 5) is 0. The molecular formula is C32H21NO. The lowest BCUT2D eigenvalue weighted by Gasteiger charge is -2.12. The van der Waals surface area contributed by atoms with Crippen LogP contribution in [0.5, 0.6) is 0 Å². The molecule has 0 amide bonds. The van der Waals surface area contributed by atoms with E-state index in [-0.39, 0.29) is 0 Å². The van der Waals surface area contributed by atoms with E-state index in [0.717, 1.165) is 33.3 Å². The van der Waals surface area contributed by atoms with Gasteiger partial charge in [0.25, 0.3) is 0 Å². The van der Waals surface area contributed by atoms with Crippen molar-refractivity contribution in [3.8, 4) is 11.1 Å². The maximum atomic E-state index is 6.04. The fourth-order valence-electron chi connectivity index (χ4n) is 5.06. The van der Waals surface area contributed by atoms with Gasteiger partial charge in [-0.05, 0) is 63.0 Å². The molecule has 0 bridgehead atoms. The van der Waals surface area contributed by atoms with E-state index in [1.807, 2.05) is 24.3 Å². The van der Waals surface area contributed by atoms with Gasteiger partial charge in [0.05, 0.1) is 11.1 Å². The van der Waals surface area contributed by atoms with Gasteiger partial charge in [0.2, 0.25) is 0 Å². The van der Waals surface area contributed by atoms with Gasteiger partial charge in [-0.1, -0.05) is 91.0 Å². The van der Waals surface area contributed by atoms with E-state index in [4.69, 9.17) is 4.42 Å². The van der Waals surface area contributed by atoms with Crippen LogP contribution in [0.3, 0.4) is 0 Å². The molecule has 0 fully saturated rings. The molecule has 0 unspecified atom stereocenters. The van der Waals surface area contributed by atoms with Gasteiger partial charge < -0.3 is 9.73 Å². The Kier molecular flexibility index (Phi) is 4.18. The van der Waals surface area contributed by atoms with Crippen LogP contribution in [0.2, 0.25) is 0 Å². The predicted octanol–water partition coefficient (Wildman–Crippen LogP) is 9.30. The van der Waals surface area contributed by atoms with Crippen LogP contribution in [0, 0.1) is 0 Å². The molecule has 2 nitrogen and oxygen atoms in total. The second kappa shape index (κ2) is 7.50. The van der Waals surface area contributed by atoms with Crippen molar-refractivity contribution in [3.05, 3.63) is 121 Å². The number of fused-ring (bicyclic) bond motifs is 6. The smallest absolute Gasteiger partial charge is 0.137 e. The predicted molar refractivity (Wildman–Crippen MR) is 144 cm³/mol. The molecular weight excluding hydrogens is 414 g/mol. The molecule has 0 radical (unpaired) electrons. The normalized spacial score (nSPS) is 11.5. The quantitative estimate of drug-likeness (QED) is 0.280. The zero-order valence-corrected chi connectivity index (χ0v) is 18.5. The lowest BCUT2D eigenvalue weighted by atomic mass is 9.95. The first-order chi connectivity index (χ1) is 16.8. The van der Waals surface area contributed by atoms with Crippen molar-refractivity contribution in [2.45, 2.75) is 0 Å². The van der Waals surface area contributed by atoms with E-state index in [9.17, 15) is 0 Å². The second-order valence-corrected chi connectivity index (χ2v) is 8.67. The summed E-state index contributed by atoms with van der Waals surface area (Å²) in [6.07, 6.45) is 0. The molecule has 7 rings (SSSR count). The Bertz CT molecular complexity index is 1830. The summed E-state index contributed by atoms with van der Waals surface area (Å²) in [6.45, 7) is 0. The highest BCUT2D eigenvalue weighted by molar-refractivity contribution is 6.13. The first kappa shape index (κ1) is 19.0. The largest absolute Gasteiger partial charge is 0.456 e. The number of benzene rings is 6. The van der Waals surface area contributed by atoms with Gasteiger partial charge in [-0.15, -0.1) is 0 Å². The Morgan fingerprint density at radius 1 is 0.471 bits per heavy atom. The SMILES string of the molecule is c1ccc2c(c1)ccc1c(-c3ccc(Nc4cccc5oc6ccccc6c45)cc3)cccc12. The summed E-state index contributed by atoms with van der Waals surface area (Å²) in [5.74, 6) is 0. The summed E-state index contributed by atoms with van der Waals surface area (Å²) in [5, 5.41) is 11.0. The molecule has 0 spiro atoms. The maximum absolute atomic E-state index is 6.04. The van der Waals surface area contributed by atoms with Crippen molar-refractivity contribution < 1.29 is 4.42 Å². The topological polar surface area (TPSA) is 25.2 Å². The number of rotatable bonds is 3. The molecule has 6 aromatic carbocycles. The van der Waals surface area contributed by atoms with E-state index >= 15 is 0 Å². The van der Waals surface area contributed by atoms with Crippen molar-refractivity contribution in [3.63, 3.8) is 0 Å². The summed E-state index contributed by atoms with van der Waals surface area (Å²) < 4.78 is 6.04. The molecule has 34 heavy (non-hydrogen) atoms. The summed E-state index contributed by atoms with van der Waals surface area (Å²) in [5.41, 5.74) is 6.35. The van der Waals surface area contributed by atoms with E-state index in [1.165, 1.54) is 32.7 Å². The number of nitrogens with one attached hydrogen (secondary N) is 1. The molecule has 1 N–H and O–H groups in total. The van der Waals surface area contributed by atoms with E-state index < -0.39 is 0 Å². The number of furan rings is 1. The minimum absolute atomic E-state index is 0.894. The average Bonchev–Trinajstić information content (AvgIpc) is 3.28. The van der Waals surface area contributed by atoms with Gasteiger partial charge in [0.1, 0.15) is 11.2 Å². The Morgan fingerprint density at radius 3 is 2.12 bits per heavy atom. The summed E-state index contributed by atoms with van der Waals surface area (Å²) in [6, 6.07) is 42.6. The number of hydrogen-bond acceptors (Lipinski definition) is 2. The highest BCUT2D eigenvalue weighted by Gasteiger charge is 2.11. The number of para-hydroxylation sites is 1. The Labute approximate surface area is 197 Å². The van der Waals surface area contributed by atoms with Gasteiger partial charge in [-0.3, -0.25) is 0 Å². The average molecular weight is 436 g/mol. The molecule has 0 aliphatic heterocycles. The number of hydrogen-bond donors (Lipinski definition) is 1. The first-order valence-corrected chi connectivity index (χ1v) is 11.5. The lowest BCUT2D eigenvalue weighted by Crippen LogP contribution is -1.91. The highest BCUT2D eigenvalue weighted by Crippen LogP contribution is 2.37. The summed E-state index contributed by atoms with van der Waals surface area (Å²) >= 11 is 0. The molecule has 160 valence electrons. The molecule has 0 saturated heterocycles. The fourth-order valence-corrected chi connectivity index (χ4v) is 5.06. The van der Waals surface area contributed by atoms with Crippen molar-refractivity contribution in [2.24, 2.45) is 0 Å². The van der Waals surface area contributed by atoms with Crippen LogP contribution in [0.15, 0.2) is 126 Å². The van der Waals surface area contributed by atoms with Gasteiger partial charge in [-0.2, -0.15) is 0 Å². The molecule has 2 heteroatoms. The first-order valence-electron chi connectivity index (χ1n) is 11.5. The molecule has 1 heterocycles. The van der Waals surface area contributed by atoms with Gasteiger partial charge in [0.15, 0.2) is 0 Å². The monoisotopic (exact) mass is 435 g/mol. The molecule has 0 aliphatic carbocycles. The van der Waals surface area contributed by atoms with Gasteiger partial charge in [0, 0.05) is 11.1 Å². The molecule has 0 aliphatic rings. The molecule has 1 aromatic heterocycles. The van der Waals surface area contributed by atoms with Crippen molar-refractivity contribution in [1.29, 1.82) is 0 Å². The lowest BCUT2D eigenvalue weighted by molar-refractivity contribution is 0.669. The standard InChI is InChI=1S/C32H21NO/c1-2-8-24-21(7-1)17-20-27-25(10-5-11-26(24)27)22-15-18-23(19-16-22)33-29-12-6-14-31-32(29)28-9-3-4-13-30(28)34-31/h1-20,33H. The van der Waals surface area contributed by atoms with E-state index in [1.54, 1.807) is 0 Å². The Hall–Kier alpha value is -4.56. The van der Waals surface area contributed by atoms with E-state index in [0.29, 0.717) is 0 Å². The Balaban J connectivity index is 1.29. The molecule has 7 aromatic rings. The minimum atomic E-state index is 0.894. The minimum Gasteiger partial charge on any atom is -0.456 e. The molecule has 0 atom stereocenters. The van der Waals surface area contributed by atoms with E-state index in [2.05, 4.69) is 102 Å². The third kappa shape index (κ3) is 2.96. The highest BCUT2D eigenvalue weighted by atomic mass is 16.3. The fraction of sp³-hybridized carbons (Fsp3) is 0. The third-order valence-corrected chi connectivity index (χ3v) is 6.66. The molecule has 0 saturated carbocycles. The van der Waals surface area contributed by atoms with Crippen LogP contribution in [-0.2, 0) is 0 Å². The zero-order chi connectivity index (χ0) is 22.5.